The fourth-order valence-corrected chi connectivity index (χ4v) is 4.77. The molecule has 1 aliphatic rings. The smallest absolute Gasteiger partial charge is 0.255 e. The molecule has 0 saturated heterocycles. The minimum absolute atomic E-state index is 0.0432. The summed E-state index contributed by atoms with van der Waals surface area (Å²) in [6.45, 7) is 0.431. The average molecular weight is 410 g/mol. The number of benzene rings is 3. The van der Waals surface area contributed by atoms with E-state index in [1.807, 2.05) is 18.2 Å². The van der Waals surface area contributed by atoms with E-state index >= 15 is 0 Å². The molecule has 7 heteroatoms. The minimum atomic E-state index is -3.71. The summed E-state index contributed by atoms with van der Waals surface area (Å²) in [6.07, 6.45) is 2.03. The molecular formula is C22H22N2O4S. The van der Waals surface area contributed by atoms with Gasteiger partial charge in [-0.25, -0.2) is 13.1 Å². The highest BCUT2D eigenvalue weighted by atomic mass is 32.2. The lowest BCUT2D eigenvalue weighted by molar-refractivity contribution is 0.102. The summed E-state index contributed by atoms with van der Waals surface area (Å²) in [5.41, 5.74) is 3.60. The van der Waals surface area contributed by atoms with E-state index in [1.165, 1.54) is 35.8 Å². The van der Waals surface area contributed by atoms with Gasteiger partial charge in [0.05, 0.1) is 11.5 Å². The molecule has 3 aromatic carbocycles. The summed E-state index contributed by atoms with van der Waals surface area (Å²) >= 11 is 0. The lowest BCUT2D eigenvalue weighted by Crippen LogP contribution is -2.27. The van der Waals surface area contributed by atoms with Crippen molar-refractivity contribution in [3.05, 3.63) is 71.3 Å². The van der Waals surface area contributed by atoms with E-state index in [9.17, 15) is 13.2 Å². The third kappa shape index (κ3) is 3.89. The molecule has 1 amide bonds. The van der Waals surface area contributed by atoms with Crippen LogP contribution in [-0.4, -0.2) is 34.6 Å². The number of ether oxygens (including phenoxy) is 1. The highest BCUT2D eigenvalue weighted by Gasteiger charge is 2.19. The molecule has 0 atom stereocenters. The second-order valence-electron chi connectivity index (χ2n) is 6.98. The topological polar surface area (TPSA) is 84.5 Å². The Balaban J connectivity index is 1.60. The molecule has 0 heterocycles. The summed E-state index contributed by atoms with van der Waals surface area (Å²) < 4.78 is 32.1. The SMILES string of the molecule is COCCNS(=O)(=O)c1cccc(C(=O)Nc2ccc3c4c(cccc24)CC3)c1. The monoisotopic (exact) mass is 410 g/mol. The Morgan fingerprint density at radius 1 is 1.03 bits per heavy atom. The molecule has 6 nitrogen and oxygen atoms in total. The fraction of sp³-hybridized carbons (Fsp3) is 0.227. The summed E-state index contributed by atoms with van der Waals surface area (Å²) in [5, 5.41) is 5.16. The molecule has 0 aromatic heterocycles. The van der Waals surface area contributed by atoms with Crippen molar-refractivity contribution in [2.45, 2.75) is 17.7 Å². The summed E-state index contributed by atoms with van der Waals surface area (Å²) in [6, 6.07) is 16.1. The van der Waals surface area contributed by atoms with Gasteiger partial charge in [0, 0.05) is 30.3 Å². The number of anilines is 1. The second kappa shape index (κ2) is 7.94. The first-order chi connectivity index (χ1) is 14.0. The maximum absolute atomic E-state index is 12.8. The molecule has 0 aliphatic heterocycles. The van der Waals surface area contributed by atoms with Crippen molar-refractivity contribution in [1.29, 1.82) is 0 Å². The zero-order valence-electron chi connectivity index (χ0n) is 16.1. The highest BCUT2D eigenvalue weighted by Crippen LogP contribution is 2.35. The summed E-state index contributed by atoms with van der Waals surface area (Å²) in [5.74, 6) is -0.349. The third-order valence-corrected chi connectivity index (χ3v) is 6.59. The molecule has 29 heavy (non-hydrogen) atoms. The Labute approximate surface area is 169 Å². The van der Waals surface area contributed by atoms with Crippen molar-refractivity contribution in [3.63, 3.8) is 0 Å². The predicted octanol–water partition coefficient (Wildman–Crippen LogP) is 3.12. The van der Waals surface area contributed by atoms with Gasteiger partial charge in [0.15, 0.2) is 0 Å². The number of sulfonamides is 1. The van der Waals surface area contributed by atoms with Crippen LogP contribution >= 0.6 is 0 Å². The summed E-state index contributed by atoms with van der Waals surface area (Å²) in [4.78, 5) is 12.9. The van der Waals surface area contributed by atoms with Crippen molar-refractivity contribution in [3.8, 4) is 0 Å². The maximum Gasteiger partial charge on any atom is 0.255 e. The molecule has 4 rings (SSSR count). The van der Waals surface area contributed by atoms with Gasteiger partial charge in [-0.2, -0.15) is 0 Å². The normalized spacial score (nSPS) is 13.0. The number of carbonyl (C=O) groups is 1. The molecule has 0 bridgehead atoms. The molecule has 2 N–H and O–H groups in total. The van der Waals surface area contributed by atoms with E-state index in [0.29, 0.717) is 0 Å². The first-order valence-electron chi connectivity index (χ1n) is 9.43. The Morgan fingerprint density at radius 2 is 1.79 bits per heavy atom. The molecule has 0 spiro atoms. The molecule has 0 radical (unpaired) electrons. The number of amides is 1. The second-order valence-corrected chi connectivity index (χ2v) is 8.75. The van der Waals surface area contributed by atoms with Gasteiger partial charge in [0.25, 0.3) is 5.91 Å². The van der Waals surface area contributed by atoms with Crippen LogP contribution in [0, 0.1) is 0 Å². The van der Waals surface area contributed by atoms with Crippen LogP contribution in [0.3, 0.4) is 0 Å². The maximum atomic E-state index is 12.8. The van der Waals surface area contributed by atoms with Crippen LogP contribution < -0.4 is 10.0 Å². The van der Waals surface area contributed by atoms with Crippen molar-refractivity contribution in [2.24, 2.45) is 0 Å². The predicted molar refractivity (Wildman–Crippen MR) is 113 cm³/mol. The van der Waals surface area contributed by atoms with E-state index in [0.717, 1.165) is 23.9 Å². The highest BCUT2D eigenvalue weighted by molar-refractivity contribution is 7.89. The van der Waals surface area contributed by atoms with Gasteiger partial charge in [0.2, 0.25) is 10.0 Å². The Kier molecular flexibility index (Phi) is 5.36. The number of methoxy groups -OCH3 is 1. The van der Waals surface area contributed by atoms with Crippen LogP contribution in [0.4, 0.5) is 5.69 Å². The van der Waals surface area contributed by atoms with Gasteiger partial charge in [-0.05, 0) is 53.6 Å². The largest absolute Gasteiger partial charge is 0.383 e. The van der Waals surface area contributed by atoms with Gasteiger partial charge in [0.1, 0.15) is 0 Å². The Hall–Kier alpha value is -2.74. The minimum Gasteiger partial charge on any atom is -0.383 e. The van der Waals surface area contributed by atoms with Gasteiger partial charge < -0.3 is 10.1 Å². The third-order valence-electron chi connectivity index (χ3n) is 5.13. The van der Waals surface area contributed by atoms with Crippen molar-refractivity contribution >= 4 is 32.4 Å². The van der Waals surface area contributed by atoms with Crippen molar-refractivity contribution in [1.82, 2.24) is 4.72 Å². The molecule has 0 unspecified atom stereocenters. The number of hydrogen-bond acceptors (Lipinski definition) is 4. The van der Waals surface area contributed by atoms with E-state index in [4.69, 9.17) is 4.74 Å². The van der Waals surface area contributed by atoms with Crippen LogP contribution in [-0.2, 0) is 27.6 Å². The van der Waals surface area contributed by atoms with Crippen LogP contribution in [0.2, 0.25) is 0 Å². The van der Waals surface area contributed by atoms with Crippen LogP contribution in [0.25, 0.3) is 10.8 Å². The Bertz CT molecular complexity index is 1180. The zero-order chi connectivity index (χ0) is 20.4. The first kappa shape index (κ1) is 19.6. The van der Waals surface area contributed by atoms with E-state index < -0.39 is 10.0 Å². The lowest BCUT2D eigenvalue weighted by atomic mass is 10.0. The fourth-order valence-electron chi connectivity index (χ4n) is 3.72. The van der Waals surface area contributed by atoms with Crippen LogP contribution in [0.1, 0.15) is 21.5 Å². The van der Waals surface area contributed by atoms with Gasteiger partial charge in [-0.15, -0.1) is 0 Å². The van der Waals surface area contributed by atoms with Crippen LogP contribution in [0.5, 0.6) is 0 Å². The number of rotatable bonds is 7. The van der Waals surface area contributed by atoms with Crippen molar-refractivity contribution in [2.75, 3.05) is 25.6 Å². The number of hydrogen-bond donors (Lipinski definition) is 2. The lowest BCUT2D eigenvalue weighted by Gasteiger charge is -2.12. The van der Waals surface area contributed by atoms with E-state index in [-0.39, 0.29) is 29.5 Å². The number of carbonyl (C=O) groups excluding carboxylic acids is 1. The van der Waals surface area contributed by atoms with Crippen LogP contribution in [0.15, 0.2) is 59.5 Å². The number of nitrogens with one attached hydrogen (secondary N) is 2. The molecule has 150 valence electrons. The average Bonchev–Trinajstić information content (AvgIpc) is 3.15. The van der Waals surface area contributed by atoms with Crippen molar-refractivity contribution < 1.29 is 17.9 Å². The molecular weight excluding hydrogens is 388 g/mol. The van der Waals surface area contributed by atoms with Gasteiger partial charge in [-0.3, -0.25) is 4.79 Å². The number of aryl methyl sites for hydroxylation is 2. The first-order valence-corrected chi connectivity index (χ1v) is 10.9. The van der Waals surface area contributed by atoms with E-state index in [1.54, 1.807) is 12.1 Å². The quantitative estimate of drug-likeness (QED) is 0.586. The zero-order valence-corrected chi connectivity index (χ0v) is 16.9. The van der Waals surface area contributed by atoms with Gasteiger partial charge in [-0.1, -0.05) is 30.3 Å². The molecule has 1 aliphatic carbocycles. The molecule has 0 fully saturated rings. The molecule has 0 saturated carbocycles. The van der Waals surface area contributed by atoms with E-state index in [2.05, 4.69) is 22.2 Å². The van der Waals surface area contributed by atoms with Gasteiger partial charge >= 0.3 is 0 Å². The summed E-state index contributed by atoms with van der Waals surface area (Å²) in [7, 11) is -2.21. The molecule has 3 aromatic rings. The standard InChI is InChI=1S/C22H22N2O4S/c1-28-13-12-23-29(26,27)18-6-2-5-17(14-18)22(25)24-20-11-10-16-9-8-15-4-3-7-19(20)21(15)16/h2-7,10-11,14,23H,8-9,12-13H2,1H3,(H,24,25). The Morgan fingerprint density at radius 3 is 2.59 bits per heavy atom.